The van der Waals surface area contributed by atoms with Crippen LogP contribution in [0.2, 0.25) is 0 Å². The highest BCUT2D eigenvalue weighted by atomic mass is 16.3. The van der Waals surface area contributed by atoms with Gasteiger partial charge in [0.05, 0.1) is 17.1 Å². The summed E-state index contributed by atoms with van der Waals surface area (Å²) in [5, 5.41) is 7.02. The average Bonchev–Trinajstić information content (AvgIpc) is 3.82. The minimum absolute atomic E-state index is 0.107. The predicted octanol–water partition coefficient (Wildman–Crippen LogP) is 16.8. The summed E-state index contributed by atoms with van der Waals surface area (Å²) >= 11 is 0. The lowest BCUT2D eigenvalue weighted by Crippen LogP contribution is -2.16. The number of para-hydroxylation sites is 2. The molecule has 1 aliphatic carbocycles. The molecule has 3 heteroatoms. The van der Waals surface area contributed by atoms with Gasteiger partial charge in [-0.3, -0.25) is 0 Å². The summed E-state index contributed by atoms with van der Waals surface area (Å²) in [7, 11) is 0. The first-order valence-corrected chi connectivity index (χ1v) is 21.4. The van der Waals surface area contributed by atoms with Gasteiger partial charge in [-0.25, -0.2) is 0 Å². The van der Waals surface area contributed by atoms with E-state index in [0.29, 0.717) is 0 Å². The molecule has 0 spiro atoms. The molecule has 294 valence electrons. The van der Waals surface area contributed by atoms with Gasteiger partial charge in [-0.2, -0.15) is 0 Å². The highest BCUT2D eigenvalue weighted by Crippen LogP contribution is 2.51. The second kappa shape index (κ2) is 14.1. The zero-order valence-electron chi connectivity index (χ0n) is 34.6. The SMILES string of the molecule is CC1(C)c2ccccc2-c2ccc(N(c3ccc(-c4ccc(N(c5cccc6ccccc56)c5cccc6c5oc5ccccc56)cc4)cc3)c3cccc4ccccc34)cc21. The first-order chi connectivity index (χ1) is 30.5. The van der Waals surface area contributed by atoms with Gasteiger partial charge in [0.2, 0.25) is 0 Å². The van der Waals surface area contributed by atoms with Crippen molar-refractivity contribution in [3.8, 4) is 22.3 Å². The van der Waals surface area contributed by atoms with Crippen molar-refractivity contribution in [2.45, 2.75) is 19.3 Å². The Morgan fingerprint density at radius 3 is 1.53 bits per heavy atom. The van der Waals surface area contributed by atoms with Crippen molar-refractivity contribution in [1.82, 2.24) is 0 Å². The molecule has 0 amide bonds. The number of furan rings is 1. The maximum absolute atomic E-state index is 6.63. The largest absolute Gasteiger partial charge is 0.454 e. The van der Waals surface area contributed by atoms with Crippen LogP contribution in [0.4, 0.5) is 34.1 Å². The second-order valence-electron chi connectivity index (χ2n) is 16.9. The molecular weight excluding hydrogens is 753 g/mol. The number of anilines is 6. The van der Waals surface area contributed by atoms with Crippen molar-refractivity contribution in [3.05, 3.63) is 230 Å². The van der Waals surface area contributed by atoms with Crippen LogP contribution in [0.5, 0.6) is 0 Å². The van der Waals surface area contributed by atoms with Crippen LogP contribution in [0.25, 0.3) is 65.7 Å². The predicted molar refractivity (Wildman–Crippen MR) is 261 cm³/mol. The van der Waals surface area contributed by atoms with E-state index in [2.05, 4.69) is 230 Å². The molecule has 0 atom stereocenters. The molecule has 3 nitrogen and oxygen atoms in total. The Bertz CT molecular complexity index is 3490. The van der Waals surface area contributed by atoms with Crippen molar-refractivity contribution < 1.29 is 4.42 Å². The van der Waals surface area contributed by atoms with E-state index in [0.717, 1.165) is 67.2 Å². The summed E-state index contributed by atoms with van der Waals surface area (Å²) in [4.78, 5) is 4.77. The molecule has 0 N–H and O–H groups in total. The quantitative estimate of drug-likeness (QED) is 0.160. The summed E-state index contributed by atoms with van der Waals surface area (Å²) in [6.07, 6.45) is 0. The molecule has 12 rings (SSSR count). The van der Waals surface area contributed by atoms with Gasteiger partial charge in [0, 0.05) is 44.0 Å². The number of nitrogens with zero attached hydrogens (tertiary/aromatic N) is 2. The Morgan fingerprint density at radius 2 is 0.839 bits per heavy atom. The highest BCUT2D eigenvalue weighted by Gasteiger charge is 2.36. The normalized spacial score (nSPS) is 12.8. The molecule has 0 saturated carbocycles. The van der Waals surface area contributed by atoms with E-state index >= 15 is 0 Å². The molecule has 1 heterocycles. The molecule has 0 radical (unpaired) electrons. The van der Waals surface area contributed by atoms with Crippen LogP contribution >= 0.6 is 0 Å². The number of rotatable bonds is 7. The zero-order valence-corrected chi connectivity index (χ0v) is 34.6. The first-order valence-electron chi connectivity index (χ1n) is 21.4. The summed E-state index contributed by atoms with van der Waals surface area (Å²) in [5.41, 5.74) is 15.9. The number of hydrogen-bond donors (Lipinski definition) is 0. The Labute approximate surface area is 361 Å². The van der Waals surface area contributed by atoms with Gasteiger partial charge in [-0.1, -0.05) is 172 Å². The molecule has 0 fully saturated rings. The molecule has 10 aromatic carbocycles. The lowest BCUT2D eigenvalue weighted by molar-refractivity contribution is 0.660. The van der Waals surface area contributed by atoms with Crippen LogP contribution in [0.15, 0.2) is 223 Å². The van der Waals surface area contributed by atoms with Gasteiger partial charge in [-0.15, -0.1) is 0 Å². The van der Waals surface area contributed by atoms with Crippen LogP contribution in [0.3, 0.4) is 0 Å². The molecule has 11 aromatic rings. The van der Waals surface area contributed by atoms with Crippen LogP contribution in [-0.4, -0.2) is 0 Å². The second-order valence-corrected chi connectivity index (χ2v) is 16.9. The maximum atomic E-state index is 6.63. The van der Waals surface area contributed by atoms with E-state index < -0.39 is 0 Å². The minimum atomic E-state index is -0.107. The lowest BCUT2D eigenvalue weighted by atomic mass is 9.82. The van der Waals surface area contributed by atoms with Gasteiger partial charge in [-0.05, 0) is 105 Å². The highest BCUT2D eigenvalue weighted by molar-refractivity contribution is 6.11. The standard InChI is InChI=1S/C59H42N2O/c1-59(2)52-23-9-7-20-48(52)49-37-36-45(38-53(49)59)60(54-24-11-16-41-14-3-5-18-46(41)54)43-32-28-39(29-33-43)40-30-34-44(35-31-40)61(55-25-12-17-42-15-4-6-19-47(42)55)56-26-13-22-51-50-21-8-10-27-57(50)62-58(51)56/h3-38H,1-2H3. The number of fused-ring (bicyclic) bond motifs is 8. The third-order valence-corrected chi connectivity index (χ3v) is 13.0. The number of benzene rings is 10. The Balaban J connectivity index is 0.951. The van der Waals surface area contributed by atoms with Crippen molar-refractivity contribution in [2.75, 3.05) is 9.80 Å². The summed E-state index contributed by atoms with van der Waals surface area (Å²) in [5.74, 6) is 0. The smallest absolute Gasteiger partial charge is 0.159 e. The molecule has 1 aliphatic rings. The van der Waals surface area contributed by atoms with Gasteiger partial charge in [0.1, 0.15) is 5.58 Å². The lowest BCUT2D eigenvalue weighted by Gasteiger charge is -2.29. The van der Waals surface area contributed by atoms with Crippen LogP contribution < -0.4 is 9.80 Å². The third-order valence-electron chi connectivity index (χ3n) is 13.0. The van der Waals surface area contributed by atoms with E-state index in [1.807, 2.05) is 12.1 Å². The monoisotopic (exact) mass is 794 g/mol. The fraction of sp³-hybridized carbons (Fsp3) is 0.0508. The molecule has 0 saturated heterocycles. The van der Waals surface area contributed by atoms with E-state index in [1.54, 1.807) is 0 Å². The van der Waals surface area contributed by atoms with Gasteiger partial charge >= 0.3 is 0 Å². The Morgan fingerprint density at radius 1 is 0.355 bits per heavy atom. The summed E-state index contributed by atoms with van der Waals surface area (Å²) < 4.78 is 6.63. The molecule has 0 aliphatic heterocycles. The Hall–Kier alpha value is -7.88. The summed E-state index contributed by atoms with van der Waals surface area (Å²) in [6.45, 7) is 4.70. The van der Waals surface area contributed by atoms with Crippen LogP contribution in [0.1, 0.15) is 25.0 Å². The minimum Gasteiger partial charge on any atom is -0.454 e. The van der Waals surface area contributed by atoms with E-state index in [4.69, 9.17) is 4.42 Å². The fourth-order valence-electron chi connectivity index (χ4n) is 9.99. The van der Waals surface area contributed by atoms with Crippen LogP contribution in [-0.2, 0) is 5.41 Å². The van der Waals surface area contributed by atoms with Gasteiger partial charge < -0.3 is 14.2 Å². The van der Waals surface area contributed by atoms with Gasteiger partial charge in [0.25, 0.3) is 0 Å². The van der Waals surface area contributed by atoms with Crippen molar-refractivity contribution in [3.63, 3.8) is 0 Å². The van der Waals surface area contributed by atoms with Crippen LogP contribution in [0, 0.1) is 0 Å². The molecule has 62 heavy (non-hydrogen) atoms. The fourth-order valence-corrected chi connectivity index (χ4v) is 9.99. The molecule has 0 bridgehead atoms. The zero-order chi connectivity index (χ0) is 41.4. The average molecular weight is 795 g/mol. The maximum Gasteiger partial charge on any atom is 0.159 e. The van der Waals surface area contributed by atoms with E-state index in [1.165, 1.54) is 43.8 Å². The Kier molecular flexibility index (Phi) is 8.20. The topological polar surface area (TPSA) is 19.6 Å². The van der Waals surface area contributed by atoms with Crippen molar-refractivity contribution >= 4 is 77.6 Å². The molecule has 0 unspecified atom stereocenters. The third kappa shape index (κ3) is 5.66. The summed E-state index contributed by atoms with van der Waals surface area (Å²) in [6, 6.07) is 79.1. The van der Waals surface area contributed by atoms with E-state index in [9.17, 15) is 0 Å². The van der Waals surface area contributed by atoms with Crippen molar-refractivity contribution in [2.24, 2.45) is 0 Å². The first kappa shape index (κ1) is 36.0. The molecular formula is C59H42N2O. The molecule has 1 aromatic heterocycles. The van der Waals surface area contributed by atoms with E-state index in [-0.39, 0.29) is 5.41 Å². The number of hydrogen-bond acceptors (Lipinski definition) is 3. The van der Waals surface area contributed by atoms with Crippen molar-refractivity contribution in [1.29, 1.82) is 0 Å². The van der Waals surface area contributed by atoms with Gasteiger partial charge in [0.15, 0.2) is 5.58 Å².